The van der Waals surface area contributed by atoms with Crippen molar-refractivity contribution in [2.24, 2.45) is 0 Å². The van der Waals surface area contributed by atoms with E-state index in [0.29, 0.717) is 12.1 Å². The largest absolute Gasteiger partial charge is 0.494 e. The zero-order chi connectivity index (χ0) is 14.5. The minimum atomic E-state index is -3.40. The zero-order valence-corrected chi connectivity index (χ0v) is 12.5. The van der Waals surface area contributed by atoms with Crippen molar-refractivity contribution in [2.45, 2.75) is 13.5 Å². The molecule has 0 heterocycles. The summed E-state index contributed by atoms with van der Waals surface area (Å²) in [4.78, 5) is 0. The minimum Gasteiger partial charge on any atom is -0.494 e. The van der Waals surface area contributed by atoms with Crippen LogP contribution in [0.4, 0.5) is 4.39 Å². The summed E-state index contributed by atoms with van der Waals surface area (Å²) in [6, 6.07) is 4.39. The van der Waals surface area contributed by atoms with E-state index in [0.717, 1.165) is 0 Å². The average Bonchev–Trinajstić information content (AvgIpc) is 2.35. The molecule has 0 saturated carbocycles. The third kappa shape index (κ3) is 4.33. The highest BCUT2D eigenvalue weighted by molar-refractivity contribution is 7.89. The van der Waals surface area contributed by atoms with Crippen LogP contribution in [-0.2, 0) is 16.6 Å². The molecule has 0 aliphatic carbocycles. The number of alkyl halides is 1. The van der Waals surface area contributed by atoms with Crippen molar-refractivity contribution >= 4 is 21.6 Å². The lowest BCUT2D eigenvalue weighted by molar-refractivity contribution is 0.384. The van der Waals surface area contributed by atoms with Gasteiger partial charge in [0.1, 0.15) is 0 Å². The van der Waals surface area contributed by atoms with Crippen molar-refractivity contribution in [1.29, 1.82) is 0 Å². The third-order valence-electron chi connectivity index (χ3n) is 2.66. The lowest BCUT2D eigenvalue weighted by Gasteiger charge is -2.20. The van der Waals surface area contributed by atoms with Crippen molar-refractivity contribution in [3.8, 4) is 5.75 Å². The molecule has 0 amide bonds. The van der Waals surface area contributed by atoms with E-state index in [-0.39, 0.29) is 23.9 Å². The van der Waals surface area contributed by atoms with E-state index in [1.54, 1.807) is 13.0 Å². The number of hydrogen-bond acceptors (Lipinski definition) is 3. The van der Waals surface area contributed by atoms with Gasteiger partial charge in [-0.3, -0.25) is 0 Å². The molecule has 0 fully saturated rings. The first kappa shape index (κ1) is 16.2. The van der Waals surface area contributed by atoms with Gasteiger partial charge < -0.3 is 4.74 Å². The summed E-state index contributed by atoms with van der Waals surface area (Å²) in [5, 5.41) is 0. The van der Waals surface area contributed by atoms with Crippen LogP contribution < -0.4 is 4.74 Å². The third-order valence-corrected chi connectivity index (χ3v) is 4.96. The van der Waals surface area contributed by atoms with Crippen LogP contribution in [0, 0.1) is 5.82 Å². The maximum absolute atomic E-state index is 13.5. The Kier molecular flexibility index (Phi) is 6.03. The van der Waals surface area contributed by atoms with Crippen LogP contribution in [0.15, 0.2) is 18.2 Å². The molecule has 0 unspecified atom stereocenters. The zero-order valence-electron chi connectivity index (χ0n) is 10.9. The topological polar surface area (TPSA) is 46.6 Å². The Labute approximate surface area is 118 Å². The van der Waals surface area contributed by atoms with Gasteiger partial charge in [-0.15, -0.1) is 11.6 Å². The number of sulfonamides is 1. The Balaban J connectivity index is 2.90. The monoisotopic (exact) mass is 309 g/mol. The molecule has 0 bridgehead atoms. The highest BCUT2D eigenvalue weighted by Crippen LogP contribution is 2.19. The number of rotatable bonds is 7. The molecule has 0 N–H and O–H groups in total. The van der Waals surface area contributed by atoms with Gasteiger partial charge in [0.25, 0.3) is 0 Å². The predicted octanol–water partition coefficient (Wildman–Crippen LogP) is 2.22. The van der Waals surface area contributed by atoms with E-state index >= 15 is 0 Å². The molecule has 0 spiro atoms. The molecule has 0 radical (unpaired) electrons. The summed E-state index contributed by atoms with van der Waals surface area (Å²) in [6.07, 6.45) is 0. The number of hydrogen-bond donors (Lipinski definition) is 0. The molecule has 0 saturated heterocycles. The van der Waals surface area contributed by atoms with Crippen LogP contribution in [0.1, 0.15) is 12.5 Å². The maximum atomic E-state index is 13.5. The van der Waals surface area contributed by atoms with Crippen LogP contribution in [-0.4, -0.2) is 38.0 Å². The Morgan fingerprint density at radius 2 is 2.11 bits per heavy atom. The number of halogens is 2. The van der Waals surface area contributed by atoms with Gasteiger partial charge in [-0.2, -0.15) is 4.31 Å². The minimum absolute atomic E-state index is 0.0375. The Morgan fingerprint density at radius 3 is 2.58 bits per heavy atom. The predicted molar refractivity (Wildman–Crippen MR) is 73.5 cm³/mol. The molecule has 0 aromatic heterocycles. The smallest absolute Gasteiger partial charge is 0.215 e. The van der Waals surface area contributed by atoms with Crippen LogP contribution in [0.5, 0.6) is 5.75 Å². The standard InChI is InChI=1S/C12H17ClFNO3S/c1-3-15(19(16,17)7-6-13)9-10-4-5-12(18-2)11(14)8-10/h4-5,8H,3,6-7,9H2,1-2H3. The molecule has 108 valence electrons. The fourth-order valence-corrected chi connectivity index (χ4v) is 3.42. The van der Waals surface area contributed by atoms with Gasteiger partial charge in [0.15, 0.2) is 11.6 Å². The summed E-state index contributed by atoms with van der Waals surface area (Å²) in [7, 11) is -2.03. The second-order valence-electron chi connectivity index (χ2n) is 3.90. The summed E-state index contributed by atoms with van der Waals surface area (Å²) < 4.78 is 43.4. The first-order chi connectivity index (χ1) is 8.94. The fraction of sp³-hybridized carbons (Fsp3) is 0.500. The molecule has 1 aromatic rings. The normalized spacial score (nSPS) is 11.8. The van der Waals surface area contributed by atoms with Crippen LogP contribution in [0.2, 0.25) is 0 Å². The average molecular weight is 310 g/mol. The van der Waals surface area contributed by atoms with Gasteiger partial charge in [0.2, 0.25) is 10.0 Å². The van der Waals surface area contributed by atoms with E-state index < -0.39 is 15.8 Å². The molecular formula is C12H17ClFNO3S. The molecule has 4 nitrogen and oxygen atoms in total. The summed E-state index contributed by atoms with van der Waals surface area (Å²) in [5.74, 6) is -0.460. The van der Waals surface area contributed by atoms with E-state index in [4.69, 9.17) is 16.3 Å². The Bertz CT molecular complexity index is 522. The van der Waals surface area contributed by atoms with Crippen molar-refractivity contribution < 1.29 is 17.5 Å². The number of ether oxygens (including phenoxy) is 1. The quantitative estimate of drug-likeness (QED) is 0.726. The van der Waals surface area contributed by atoms with Crippen molar-refractivity contribution in [1.82, 2.24) is 4.31 Å². The summed E-state index contributed by atoms with van der Waals surface area (Å²) >= 11 is 5.47. The molecular weight excluding hydrogens is 293 g/mol. The van der Waals surface area contributed by atoms with E-state index in [2.05, 4.69) is 0 Å². The van der Waals surface area contributed by atoms with Gasteiger partial charge in [-0.25, -0.2) is 12.8 Å². The Hall–Kier alpha value is -0.850. The molecule has 7 heteroatoms. The van der Waals surface area contributed by atoms with Gasteiger partial charge in [-0.1, -0.05) is 13.0 Å². The summed E-state index contributed by atoms with van der Waals surface area (Å²) in [5.41, 5.74) is 0.568. The second kappa shape index (κ2) is 7.07. The van der Waals surface area contributed by atoms with Gasteiger partial charge in [0.05, 0.1) is 12.9 Å². The second-order valence-corrected chi connectivity index (χ2v) is 6.37. The highest BCUT2D eigenvalue weighted by atomic mass is 35.5. The van der Waals surface area contributed by atoms with Crippen LogP contribution in [0.3, 0.4) is 0 Å². The molecule has 0 aliphatic rings. The molecule has 1 rings (SSSR count). The number of nitrogens with zero attached hydrogens (tertiary/aromatic N) is 1. The van der Waals surface area contributed by atoms with Crippen LogP contribution >= 0.6 is 11.6 Å². The van der Waals surface area contributed by atoms with E-state index in [1.165, 1.54) is 23.5 Å². The maximum Gasteiger partial charge on any atom is 0.215 e. The lowest BCUT2D eigenvalue weighted by Crippen LogP contribution is -2.32. The number of methoxy groups -OCH3 is 1. The van der Waals surface area contributed by atoms with Crippen LogP contribution in [0.25, 0.3) is 0 Å². The fourth-order valence-electron chi connectivity index (χ4n) is 1.65. The Morgan fingerprint density at radius 1 is 1.42 bits per heavy atom. The van der Waals surface area contributed by atoms with Gasteiger partial charge in [-0.05, 0) is 17.7 Å². The molecule has 0 atom stereocenters. The molecule has 19 heavy (non-hydrogen) atoms. The first-order valence-electron chi connectivity index (χ1n) is 5.80. The SMILES string of the molecule is CCN(Cc1ccc(OC)c(F)c1)S(=O)(=O)CCCl. The van der Waals surface area contributed by atoms with E-state index in [9.17, 15) is 12.8 Å². The van der Waals surface area contributed by atoms with Crippen molar-refractivity contribution in [3.63, 3.8) is 0 Å². The highest BCUT2D eigenvalue weighted by Gasteiger charge is 2.20. The molecule has 0 aliphatic heterocycles. The van der Waals surface area contributed by atoms with Gasteiger partial charge in [0, 0.05) is 19.0 Å². The van der Waals surface area contributed by atoms with Crippen molar-refractivity contribution in [3.05, 3.63) is 29.6 Å². The summed E-state index contributed by atoms with van der Waals surface area (Å²) in [6.45, 7) is 2.16. The first-order valence-corrected chi connectivity index (χ1v) is 7.95. The molecule has 1 aromatic carbocycles. The van der Waals surface area contributed by atoms with Crippen molar-refractivity contribution in [2.75, 3.05) is 25.3 Å². The lowest BCUT2D eigenvalue weighted by atomic mass is 10.2. The van der Waals surface area contributed by atoms with Gasteiger partial charge >= 0.3 is 0 Å². The van der Waals surface area contributed by atoms with E-state index in [1.807, 2.05) is 0 Å². The number of benzene rings is 1.